The zero-order chi connectivity index (χ0) is 22.4. The maximum Gasteiger partial charge on any atom is 0.262 e. The molecule has 0 atom stereocenters. The number of aromatic nitrogens is 1. The van der Waals surface area contributed by atoms with Crippen molar-refractivity contribution >= 4 is 38.5 Å². The van der Waals surface area contributed by atoms with E-state index in [-0.39, 0.29) is 5.56 Å². The predicted octanol–water partition coefficient (Wildman–Crippen LogP) is 6.72. The van der Waals surface area contributed by atoms with Crippen LogP contribution in [0.25, 0.3) is 43.8 Å². The maximum absolute atomic E-state index is 13.6. The number of hydrogen-bond acceptors (Lipinski definition) is 3. The van der Waals surface area contributed by atoms with Crippen molar-refractivity contribution in [3.63, 3.8) is 0 Å². The second-order valence-corrected chi connectivity index (χ2v) is 8.26. The fourth-order valence-electron chi connectivity index (χ4n) is 4.66. The van der Waals surface area contributed by atoms with Crippen molar-refractivity contribution in [1.29, 1.82) is 0 Å². The van der Waals surface area contributed by atoms with Gasteiger partial charge in [0.05, 0.1) is 16.5 Å². The molecule has 0 unspecified atom stereocenters. The second-order valence-electron chi connectivity index (χ2n) is 8.26. The number of nitrogens with one attached hydrogen (secondary N) is 1. The Morgan fingerprint density at radius 1 is 0.788 bits per heavy atom. The van der Waals surface area contributed by atoms with E-state index in [1.807, 2.05) is 67.7 Å². The minimum Gasteiger partial charge on any atom is -0.439 e. The molecule has 4 heteroatoms. The van der Waals surface area contributed by atoms with E-state index in [9.17, 15) is 4.79 Å². The molecule has 0 fully saturated rings. The van der Waals surface area contributed by atoms with Crippen LogP contribution in [0.5, 0.6) is 0 Å². The summed E-state index contributed by atoms with van der Waals surface area (Å²) in [6.07, 6.45) is 0. The lowest BCUT2D eigenvalue weighted by molar-refractivity contribution is 0.630. The van der Waals surface area contributed by atoms with Crippen LogP contribution >= 0.6 is 0 Å². The van der Waals surface area contributed by atoms with Gasteiger partial charge in [0.25, 0.3) is 5.56 Å². The lowest BCUT2D eigenvalue weighted by Gasteiger charge is -2.10. The molecular formula is C29H22N2O2. The van der Waals surface area contributed by atoms with E-state index in [1.54, 1.807) is 4.57 Å². The summed E-state index contributed by atoms with van der Waals surface area (Å²) in [7, 11) is 1.82. The van der Waals surface area contributed by atoms with Crippen LogP contribution in [-0.2, 0) is 13.6 Å². The first-order valence-corrected chi connectivity index (χ1v) is 11.0. The molecule has 0 aliphatic rings. The molecule has 0 saturated heterocycles. The molecule has 1 N–H and O–H groups in total. The summed E-state index contributed by atoms with van der Waals surface area (Å²) in [6.45, 7) is 0.594. The third kappa shape index (κ3) is 3.11. The lowest BCUT2D eigenvalue weighted by Crippen LogP contribution is -2.17. The molecule has 2 aromatic heterocycles. The van der Waals surface area contributed by atoms with E-state index in [0.29, 0.717) is 23.4 Å². The van der Waals surface area contributed by atoms with Gasteiger partial charge in [0.2, 0.25) is 5.88 Å². The van der Waals surface area contributed by atoms with E-state index in [4.69, 9.17) is 4.42 Å². The molecular weight excluding hydrogens is 408 g/mol. The average Bonchev–Trinajstić information content (AvgIpc) is 3.26. The minimum atomic E-state index is -0.0665. The molecule has 160 valence electrons. The lowest BCUT2D eigenvalue weighted by atomic mass is 9.97. The van der Waals surface area contributed by atoms with Crippen LogP contribution in [0.15, 0.2) is 106 Å². The predicted molar refractivity (Wildman–Crippen MR) is 136 cm³/mol. The van der Waals surface area contributed by atoms with E-state index in [1.165, 1.54) is 0 Å². The molecule has 2 heterocycles. The van der Waals surface area contributed by atoms with Crippen molar-refractivity contribution in [3.8, 4) is 11.1 Å². The first kappa shape index (κ1) is 19.4. The number of pyridine rings is 1. The number of para-hydroxylation sites is 1. The number of nitrogens with zero attached hydrogens (tertiary/aromatic N) is 1. The van der Waals surface area contributed by atoms with Crippen LogP contribution in [0, 0.1) is 0 Å². The Bertz CT molecular complexity index is 1690. The van der Waals surface area contributed by atoms with Crippen molar-refractivity contribution in [2.24, 2.45) is 7.05 Å². The quantitative estimate of drug-likeness (QED) is 0.338. The summed E-state index contributed by atoms with van der Waals surface area (Å²) >= 11 is 0. The van der Waals surface area contributed by atoms with E-state index in [0.717, 1.165) is 38.4 Å². The fraction of sp³-hybridized carbons (Fsp3) is 0.0690. The van der Waals surface area contributed by atoms with Crippen LogP contribution in [-0.4, -0.2) is 4.57 Å². The fourth-order valence-corrected chi connectivity index (χ4v) is 4.66. The van der Waals surface area contributed by atoms with Gasteiger partial charge in [0.15, 0.2) is 5.58 Å². The Kier molecular flexibility index (Phi) is 4.51. The zero-order valence-corrected chi connectivity index (χ0v) is 18.2. The summed E-state index contributed by atoms with van der Waals surface area (Å²) in [5, 5.41) is 7.20. The van der Waals surface area contributed by atoms with E-state index >= 15 is 0 Å². The summed E-state index contributed by atoms with van der Waals surface area (Å²) < 4.78 is 8.16. The largest absolute Gasteiger partial charge is 0.439 e. The molecule has 0 aliphatic heterocycles. The highest BCUT2D eigenvalue weighted by Crippen LogP contribution is 2.42. The van der Waals surface area contributed by atoms with Crippen molar-refractivity contribution in [2.75, 3.05) is 5.32 Å². The standard InChI is InChI=1S/C29H22N2O2/c1-31-24-17-8-7-15-23(24)27-26(29(31)32)25(22-16-9-13-20-12-5-6-14-21(20)22)28(33-27)30-18-19-10-3-2-4-11-19/h2-17,30H,18H2,1H3. The number of hydrogen-bond donors (Lipinski definition) is 1. The minimum absolute atomic E-state index is 0.0665. The van der Waals surface area contributed by atoms with Gasteiger partial charge in [0, 0.05) is 19.0 Å². The highest BCUT2D eigenvalue weighted by atomic mass is 16.4. The number of furan rings is 1. The molecule has 0 bridgehead atoms. The van der Waals surface area contributed by atoms with Crippen molar-refractivity contribution in [3.05, 3.63) is 113 Å². The van der Waals surface area contributed by atoms with Crippen LogP contribution < -0.4 is 10.9 Å². The van der Waals surface area contributed by atoms with Crippen LogP contribution in [0.3, 0.4) is 0 Å². The number of rotatable bonds is 4. The summed E-state index contributed by atoms with van der Waals surface area (Å²) in [4.78, 5) is 13.6. The normalized spacial score (nSPS) is 11.4. The van der Waals surface area contributed by atoms with Gasteiger partial charge in [-0.15, -0.1) is 0 Å². The van der Waals surface area contributed by atoms with Gasteiger partial charge in [-0.25, -0.2) is 0 Å². The van der Waals surface area contributed by atoms with E-state index < -0.39 is 0 Å². The van der Waals surface area contributed by atoms with Crippen molar-refractivity contribution < 1.29 is 4.42 Å². The number of benzene rings is 4. The third-order valence-electron chi connectivity index (χ3n) is 6.29. The number of aryl methyl sites for hydroxylation is 1. The Morgan fingerprint density at radius 2 is 1.48 bits per heavy atom. The van der Waals surface area contributed by atoms with Crippen LogP contribution in [0.2, 0.25) is 0 Å². The summed E-state index contributed by atoms with van der Waals surface area (Å²) in [5.74, 6) is 0.610. The van der Waals surface area contributed by atoms with Gasteiger partial charge in [-0.2, -0.15) is 0 Å². The summed E-state index contributed by atoms with van der Waals surface area (Å²) in [6, 6.07) is 32.5. The molecule has 4 nitrogen and oxygen atoms in total. The second kappa shape index (κ2) is 7.68. The van der Waals surface area contributed by atoms with E-state index in [2.05, 4.69) is 41.7 Å². The SMILES string of the molecule is Cn1c(=O)c2c(-c3cccc4ccccc34)c(NCc3ccccc3)oc2c2ccccc21. The molecule has 33 heavy (non-hydrogen) atoms. The van der Waals surface area contributed by atoms with Gasteiger partial charge in [0.1, 0.15) is 0 Å². The third-order valence-corrected chi connectivity index (χ3v) is 6.29. The summed E-state index contributed by atoms with van der Waals surface area (Å²) in [5.41, 5.74) is 4.33. The monoisotopic (exact) mass is 430 g/mol. The molecule has 0 radical (unpaired) electrons. The van der Waals surface area contributed by atoms with Crippen LogP contribution in [0.1, 0.15) is 5.56 Å². The molecule has 0 spiro atoms. The first-order valence-electron chi connectivity index (χ1n) is 11.0. The highest BCUT2D eigenvalue weighted by Gasteiger charge is 2.23. The number of anilines is 1. The molecule has 0 amide bonds. The number of fused-ring (bicyclic) bond motifs is 4. The molecule has 0 aliphatic carbocycles. The molecule has 6 aromatic rings. The highest BCUT2D eigenvalue weighted by molar-refractivity contribution is 6.14. The first-order chi connectivity index (χ1) is 16.2. The Hall–Kier alpha value is -4.31. The van der Waals surface area contributed by atoms with Crippen molar-refractivity contribution in [2.45, 2.75) is 6.54 Å². The Balaban J connectivity index is 1.69. The topological polar surface area (TPSA) is 47.2 Å². The molecule has 6 rings (SSSR count). The average molecular weight is 431 g/mol. The Labute approximate surface area is 190 Å². The van der Waals surface area contributed by atoms with Gasteiger partial charge < -0.3 is 14.3 Å². The van der Waals surface area contributed by atoms with Crippen LogP contribution in [0.4, 0.5) is 5.88 Å². The van der Waals surface area contributed by atoms with Gasteiger partial charge in [-0.1, -0.05) is 84.9 Å². The molecule has 0 saturated carbocycles. The smallest absolute Gasteiger partial charge is 0.262 e. The van der Waals surface area contributed by atoms with Crippen molar-refractivity contribution in [1.82, 2.24) is 4.57 Å². The Morgan fingerprint density at radius 3 is 2.33 bits per heavy atom. The van der Waals surface area contributed by atoms with Gasteiger partial charge in [-0.05, 0) is 34.0 Å². The molecule has 4 aromatic carbocycles. The van der Waals surface area contributed by atoms with Gasteiger partial charge >= 0.3 is 0 Å². The maximum atomic E-state index is 13.6. The van der Waals surface area contributed by atoms with Gasteiger partial charge in [-0.3, -0.25) is 4.79 Å². The zero-order valence-electron chi connectivity index (χ0n) is 18.2.